The second kappa shape index (κ2) is 2.35. The van der Waals surface area contributed by atoms with Crippen LogP contribution in [0, 0.1) is 5.92 Å². The highest BCUT2D eigenvalue weighted by atomic mass is 16.1. The van der Waals surface area contributed by atoms with Crippen molar-refractivity contribution in [1.82, 2.24) is 5.32 Å². The largest absolute Gasteiger partial charge is 0.356 e. The van der Waals surface area contributed by atoms with E-state index in [1.54, 1.807) is 0 Å². The lowest BCUT2D eigenvalue weighted by molar-refractivity contribution is -0.119. The maximum absolute atomic E-state index is 10.6. The summed E-state index contributed by atoms with van der Waals surface area (Å²) < 4.78 is 0. The fourth-order valence-corrected chi connectivity index (χ4v) is 0.999. The SMILES string of the molecule is CC(N)C1CNC(=O)C1. The Kier molecular flexibility index (Phi) is 1.71. The van der Waals surface area contributed by atoms with Gasteiger partial charge >= 0.3 is 0 Å². The smallest absolute Gasteiger partial charge is 0.220 e. The van der Waals surface area contributed by atoms with E-state index in [9.17, 15) is 4.79 Å². The molecule has 3 nitrogen and oxygen atoms in total. The molecule has 1 rings (SSSR count). The van der Waals surface area contributed by atoms with Gasteiger partial charge in [0, 0.05) is 19.0 Å². The predicted molar refractivity (Wildman–Crippen MR) is 34.8 cm³/mol. The average molecular weight is 128 g/mol. The van der Waals surface area contributed by atoms with E-state index in [-0.39, 0.29) is 11.9 Å². The summed E-state index contributed by atoms with van der Waals surface area (Å²) in [6.07, 6.45) is 0.609. The average Bonchev–Trinajstić information content (AvgIpc) is 2.14. The highest BCUT2D eigenvalue weighted by Crippen LogP contribution is 2.10. The second-order valence-electron chi connectivity index (χ2n) is 2.63. The third-order valence-electron chi connectivity index (χ3n) is 1.75. The van der Waals surface area contributed by atoms with Crippen molar-refractivity contribution in [3.8, 4) is 0 Å². The standard InChI is InChI=1S/C6H12N2O/c1-4(7)5-2-6(9)8-3-5/h4-5H,2-3,7H2,1H3,(H,8,9). The molecule has 0 aromatic rings. The van der Waals surface area contributed by atoms with Crippen molar-refractivity contribution in [2.75, 3.05) is 6.54 Å². The first-order valence-corrected chi connectivity index (χ1v) is 3.22. The van der Waals surface area contributed by atoms with Crippen molar-refractivity contribution in [2.45, 2.75) is 19.4 Å². The number of amides is 1. The van der Waals surface area contributed by atoms with Crippen LogP contribution in [0.1, 0.15) is 13.3 Å². The molecule has 0 bridgehead atoms. The maximum Gasteiger partial charge on any atom is 0.220 e. The van der Waals surface area contributed by atoms with Gasteiger partial charge in [-0.05, 0) is 12.8 Å². The van der Waals surface area contributed by atoms with Crippen LogP contribution in [0.4, 0.5) is 0 Å². The molecule has 1 saturated heterocycles. The first-order chi connectivity index (χ1) is 4.20. The lowest BCUT2D eigenvalue weighted by Gasteiger charge is -2.09. The molecule has 0 aromatic heterocycles. The summed E-state index contributed by atoms with van der Waals surface area (Å²) in [5.41, 5.74) is 5.57. The highest BCUT2D eigenvalue weighted by molar-refractivity contribution is 5.78. The Bertz CT molecular complexity index is 122. The van der Waals surface area contributed by atoms with Gasteiger partial charge in [-0.15, -0.1) is 0 Å². The van der Waals surface area contributed by atoms with Gasteiger partial charge in [0.1, 0.15) is 0 Å². The number of hydrogen-bond acceptors (Lipinski definition) is 2. The molecule has 1 heterocycles. The van der Waals surface area contributed by atoms with E-state index in [0.29, 0.717) is 12.3 Å². The summed E-state index contributed by atoms with van der Waals surface area (Å²) in [6.45, 7) is 2.70. The molecular formula is C6H12N2O. The quantitative estimate of drug-likeness (QED) is 0.498. The predicted octanol–water partition coefficient (Wildman–Crippen LogP) is -0.530. The summed E-state index contributed by atoms with van der Waals surface area (Å²) in [4.78, 5) is 10.6. The zero-order valence-corrected chi connectivity index (χ0v) is 5.55. The van der Waals surface area contributed by atoms with Gasteiger partial charge in [-0.25, -0.2) is 0 Å². The van der Waals surface area contributed by atoms with Gasteiger partial charge in [0.25, 0.3) is 0 Å². The van der Waals surface area contributed by atoms with Crippen LogP contribution < -0.4 is 11.1 Å². The number of carbonyl (C=O) groups excluding carboxylic acids is 1. The van der Waals surface area contributed by atoms with Gasteiger partial charge in [0.15, 0.2) is 0 Å². The normalized spacial score (nSPS) is 30.0. The van der Waals surface area contributed by atoms with E-state index in [0.717, 1.165) is 6.54 Å². The van der Waals surface area contributed by atoms with E-state index in [1.807, 2.05) is 6.92 Å². The molecule has 2 atom stereocenters. The van der Waals surface area contributed by atoms with Crippen LogP contribution in [0.3, 0.4) is 0 Å². The monoisotopic (exact) mass is 128 g/mol. The molecule has 0 radical (unpaired) electrons. The fraction of sp³-hybridized carbons (Fsp3) is 0.833. The summed E-state index contributed by atoms with van der Waals surface area (Å²) in [5, 5.41) is 2.73. The molecule has 1 amide bonds. The Hall–Kier alpha value is -0.570. The molecule has 52 valence electrons. The number of nitrogens with one attached hydrogen (secondary N) is 1. The van der Waals surface area contributed by atoms with Crippen molar-refractivity contribution in [1.29, 1.82) is 0 Å². The van der Waals surface area contributed by atoms with Crippen LogP contribution >= 0.6 is 0 Å². The van der Waals surface area contributed by atoms with E-state index in [4.69, 9.17) is 5.73 Å². The Morgan fingerprint density at radius 2 is 2.56 bits per heavy atom. The number of hydrogen-bond donors (Lipinski definition) is 2. The van der Waals surface area contributed by atoms with Crippen LogP contribution in [0.5, 0.6) is 0 Å². The zero-order valence-electron chi connectivity index (χ0n) is 5.55. The van der Waals surface area contributed by atoms with E-state index < -0.39 is 0 Å². The van der Waals surface area contributed by atoms with Crippen molar-refractivity contribution >= 4 is 5.91 Å². The van der Waals surface area contributed by atoms with Gasteiger partial charge in [0.2, 0.25) is 5.91 Å². The van der Waals surface area contributed by atoms with Gasteiger partial charge in [-0.3, -0.25) is 4.79 Å². The van der Waals surface area contributed by atoms with Gasteiger partial charge in [-0.1, -0.05) is 0 Å². The van der Waals surface area contributed by atoms with Crippen LogP contribution in [-0.4, -0.2) is 18.5 Å². The van der Waals surface area contributed by atoms with Gasteiger partial charge in [0.05, 0.1) is 0 Å². The van der Waals surface area contributed by atoms with E-state index >= 15 is 0 Å². The van der Waals surface area contributed by atoms with Crippen molar-refractivity contribution in [2.24, 2.45) is 11.7 Å². The highest BCUT2D eigenvalue weighted by Gasteiger charge is 2.23. The van der Waals surface area contributed by atoms with Crippen LogP contribution in [0.25, 0.3) is 0 Å². The molecule has 1 aliphatic rings. The minimum Gasteiger partial charge on any atom is -0.356 e. The Labute approximate surface area is 54.6 Å². The molecular weight excluding hydrogens is 116 g/mol. The Morgan fingerprint density at radius 3 is 2.78 bits per heavy atom. The molecule has 0 saturated carbocycles. The molecule has 0 aromatic carbocycles. The molecule has 0 aliphatic carbocycles. The molecule has 2 unspecified atom stereocenters. The maximum atomic E-state index is 10.6. The third-order valence-corrected chi connectivity index (χ3v) is 1.75. The van der Waals surface area contributed by atoms with Crippen molar-refractivity contribution in [3.05, 3.63) is 0 Å². The molecule has 1 fully saturated rings. The van der Waals surface area contributed by atoms with Crippen LogP contribution in [0.2, 0.25) is 0 Å². The lowest BCUT2D eigenvalue weighted by Crippen LogP contribution is -2.27. The minimum absolute atomic E-state index is 0.136. The van der Waals surface area contributed by atoms with Crippen LogP contribution in [0.15, 0.2) is 0 Å². The summed E-state index contributed by atoms with van der Waals surface area (Å²) in [7, 11) is 0. The van der Waals surface area contributed by atoms with Gasteiger partial charge < -0.3 is 11.1 Å². The molecule has 9 heavy (non-hydrogen) atoms. The van der Waals surface area contributed by atoms with Crippen LogP contribution in [-0.2, 0) is 4.79 Å². The Balaban J connectivity index is 2.39. The number of carbonyl (C=O) groups is 1. The number of rotatable bonds is 1. The minimum atomic E-state index is 0.136. The molecule has 1 aliphatic heterocycles. The summed E-state index contributed by atoms with van der Waals surface area (Å²) >= 11 is 0. The fourth-order valence-electron chi connectivity index (χ4n) is 0.999. The van der Waals surface area contributed by atoms with Crippen molar-refractivity contribution in [3.63, 3.8) is 0 Å². The van der Waals surface area contributed by atoms with E-state index in [1.165, 1.54) is 0 Å². The molecule has 3 heteroatoms. The van der Waals surface area contributed by atoms with E-state index in [2.05, 4.69) is 5.32 Å². The summed E-state index contributed by atoms with van der Waals surface area (Å²) in [5.74, 6) is 0.495. The number of nitrogens with two attached hydrogens (primary N) is 1. The topological polar surface area (TPSA) is 55.1 Å². The zero-order chi connectivity index (χ0) is 6.85. The first kappa shape index (κ1) is 6.55. The lowest BCUT2D eigenvalue weighted by atomic mass is 10.0. The summed E-state index contributed by atoms with van der Waals surface area (Å²) in [6, 6.07) is 0.143. The Morgan fingerprint density at radius 1 is 1.89 bits per heavy atom. The molecule has 3 N–H and O–H groups in total. The van der Waals surface area contributed by atoms with Crippen molar-refractivity contribution < 1.29 is 4.79 Å². The second-order valence-corrected chi connectivity index (χ2v) is 2.63. The molecule has 0 spiro atoms. The third kappa shape index (κ3) is 1.42. The van der Waals surface area contributed by atoms with Gasteiger partial charge in [-0.2, -0.15) is 0 Å². The first-order valence-electron chi connectivity index (χ1n) is 3.22.